The second kappa shape index (κ2) is 4.71. The largest absolute Gasteiger partial charge is 0.508 e. The van der Waals surface area contributed by atoms with Crippen molar-refractivity contribution < 1.29 is 19.6 Å². The Kier molecular flexibility index (Phi) is 2.92. The molecule has 3 aliphatic carbocycles. The van der Waals surface area contributed by atoms with Crippen molar-refractivity contribution in [2.45, 2.75) is 49.9 Å². The quantitative estimate of drug-likeness (QED) is 0.845. The van der Waals surface area contributed by atoms with Crippen molar-refractivity contribution in [1.82, 2.24) is 0 Å². The van der Waals surface area contributed by atoms with E-state index in [9.17, 15) is 5.11 Å². The van der Waals surface area contributed by atoms with Gasteiger partial charge in [-0.25, -0.2) is 4.89 Å². The van der Waals surface area contributed by atoms with Crippen LogP contribution in [-0.2, 0) is 20.3 Å². The Hall–Kier alpha value is -1.10. The maximum atomic E-state index is 9.93. The topological polar surface area (TPSA) is 47.9 Å². The molecule has 3 unspecified atom stereocenters. The Morgan fingerprint density at radius 3 is 2.35 bits per heavy atom. The van der Waals surface area contributed by atoms with Crippen LogP contribution in [0.4, 0.5) is 0 Å². The molecule has 0 radical (unpaired) electrons. The number of hydrogen-bond donors (Lipinski definition) is 1. The molecule has 1 spiro atoms. The smallest absolute Gasteiger partial charge is 0.260 e. The van der Waals surface area contributed by atoms with Crippen molar-refractivity contribution in [1.29, 1.82) is 0 Å². The first-order chi connectivity index (χ1) is 11.2. The fraction of sp³-hybridized carbons (Fsp3) is 0.684. The van der Waals surface area contributed by atoms with E-state index < -0.39 is 11.4 Å². The van der Waals surface area contributed by atoms with Gasteiger partial charge in [-0.05, 0) is 74.3 Å². The number of rotatable bonds is 2. The number of ether oxygens (including phenoxy) is 1. The van der Waals surface area contributed by atoms with Crippen molar-refractivity contribution in [3.63, 3.8) is 0 Å². The lowest BCUT2D eigenvalue weighted by atomic mass is 9.49. The van der Waals surface area contributed by atoms with E-state index in [4.69, 9.17) is 14.5 Å². The Labute approximate surface area is 136 Å². The molecule has 4 aliphatic rings. The Bertz CT molecular complexity index is 608. The SMILES string of the molecule is COC1(c2cccc(O)c2)OOC12C1CCC3CCC2CC3C1. The molecule has 0 amide bonds. The van der Waals surface area contributed by atoms with Crippen molar-refractivity contribution in [2.24, 2.45) is 23.7 Å². The van der Waals surface area contributed by atoms with Crippen LogP contribution in [0.2, 0.25) is 0 Å². The summed E-state index contributed by atoms with van der Waals surface area (Å²) in [6.45, 7) is 0. The maximum absolute atomic E-state index is 9.93. The lowest BCUT2D eigenvalue weighted by molar-refractivity contribution is -0.643. The Morgan fingerprint density at radius 1 is 1.04 bits per heavy atom. The van der Waals surface area contributed by atoms with Gasteiger partial charge in [0.2, 0.25) is 0 Å². The molecule has 1 aliphatic heterocycles. The normalized spacial score (nSPS) is 47.5. The molecule has 4 heteroatoms. The molecule has 3 saturated carbocycles. The third-order valence-electron chi connectivity index (χ3n) is 7.15. The third-order valence-corrected chi connectivity index (χ3v) is 7.15. The van der Waals surface area contributed by atoms with Gasteiger partial charge in [-0.3, -0.25) is 0 Å². The number of fused-ring (bicyclic) bond motifs is 4. The molecule has 1 N–H and O–H groups in total. The highest BCUT2D eigenvalue weighted by Gasteiger charge is 2.75. The molecule has 23 heavy (non-hydrogen) atoms. The molecule has 5 rings (SSSR count). The summed E-state index contributed by atoms with van der Waals surface area (Å²) in [6, 6.07) is 7.27. The van der Waals surface area contributed by atoms with Gasteiger partial charge in [-0.2, -0.15) is 4.89 Å². The molecule has 3 bridgehead atoms. The van der Waals surface area contributed by atoms with Crippen molar-refractivity contribution >= 4 is 0 Å². The number of benzene rings is 1. The van der Waals surface area contributed by atoms with Gasteiger partial charge in [0, 0.05) is 12.7 Å². The van der Waals surface area contributed by atoms with Gasteiger partial charge < -0.3 is 9.84 Å². The second-order valence-corrected chi connectivity index (χ2v) is 7.87. The zero-order valence-electron chi connectivity index (χ0n) is 13.5. The minimum absolute atomic E-state index is 0.241. The molecule has 124 valence electrons. The number of aromatic hydroxyl groups is 1. The van der Waals surface area contributed by atoms with E-state index in [-0.39, 0.29) is 5.75 Å². The summed E-state index contributed by atoms with van der Waals surface area (Å²) in [5, 5.41) is 9.93. The van der Waals surface area contributed by atoms with Gasteiger partial charge in [0.15, 0.2) is 5.60 Å². The third kappa shape index (κ3) is 1.62. The zero-order chi connectivity index (χ0) is 15.7. The van der Waals surface area contributed by atoms with E-state index in [1.807, 2.05) is 12.1 Å². The first kappa shape index (κ1) is 14.3. The van der Waals surface area contributed by atoms with Crippen LogP contribution in [0.3, 0.4) is 0 Å². The summed E-state index contributed by atoms with van der Waals surface area (Å²) in [7, 11) is 1.70. The number of methoxy groups -OCH3 is 1. The van der Waals surface area contributed by atoms with Crippen LogP contribution in [0.5, 0.6) is 5.75 Å². The monoisotopic (exact) mass is 316 g/mol. The van der Waals surface area contributed by atoms with Crippen LogP contribution < -0.4 is 0 Å². The van der Waals surface area contributed by atoms with Crippen LogP contribution in [0.15, 0.2) is 24.3 Å². The fourth-order valence-corrected chi connectivity index (χ4v) is 6.19. The molecule has 0 aromatic heterocycles. The molecule has 1 heterocycles. The van der Waals surface area contributed by atoms with Crippen molar-refractivity contribution in [3.8, 4) is 5.75 Å². The lowest BCUT2D eigenvalue weighted by Crippen LogP contribution is -2.75. The molecule has 1 aromatic rings. The van der Waals surface area contributed by atoms with Gasteiger partial charge in [0.05, 0.1) is 0 Å². The van der Waals surface area contributed by atoms with E-state index >= 15 is 0 Å². The van der Waals surface area contributed by atoms with Crippen LogP contribution >= 0.6 is 0 Å². The van der Waals surface area contributed by atoms with Gasteiger partial charge in [-0.1, -0.05) is 12.1 Å². The van der Waals surface area contributed by atoms with E-state index in [1.54, 1.807) is 19.2 Å². The predicted octanol–water partition coefficient (Wildman–Crippen LogP) is 3.74. The molecular weight excluding hydrogens is 292 g/mol. The predicted molar refractivity (Wildman–Crippen MR) is 83.4 cm³/mol. The standard InChI is InChI=1S/C19H24O4/c1-21-19(16-3-2-4-17(20)11-16)18(22-23-19)14-7-5-12-6-8-15(18)10-13(12)9-14/h2-4,11-15,20H,5-10H2,1H3. The van der Waals surface area contributed by atoms with Gasteiger partial charge in [0.25, 0.3) is 5.79 Å². The van der Waals surface area contributed by atoms with Crippen LogP contribution in [-0.4, -0.2) is 17.8 Å². The first-order valence-electron chi connectivity index (χ1n) is 8.91. The summed E-state index contributed by atoms with van der Waals surface area (Å²) in [6.07, 6.45) is 7.48. The summed E-state index contributed by atoms with van der Waals surface area (Å²) >= 11 is 0. The number of hydrogen-bond acceptors (Lipinski definition) is 4. The lowest BCUT2D eigenvalue weighted by Gasteiger charge is -2.67. The average molecular weight is 316 g/mol. The highest BCUT2D eigenvalue weighted by molar-refractivity contribution is 5.35. The summed E-state index contributed by atoms with van der Waals surface area (Å²) in [5.74, 6) is 2.12. The fourth-order valence-electron chi connectivity index (χ4n) is 6.19. The summed E-state index contributed by atoms with van der Waals surface area (Å²) in [5.41, 5.74) is 0.481. The van der Waals surface area contributed by atoms with E-state index in [1.165, 1.54) is 38.5 Å². The molecule has 4 nitrogen and oxygen atoms in total. The average Bonchev–Trinajstić information content (AvgIpc) is 2.54. The highest BCUT2D eigenvalue weighted by Crippen LogP contribution is 2.67. The van der Waals surface area contributed by atoms with Gasteiger partial charge in [0.1, 0.15) is 5.75 Å². The van der Waals surface area contributed by atoms with Crippen LogP contribution in [0.1, 0.15) is 44.1 Å². The minimum Gasteiger partial charge on any atom is -0.508 e. The highest BCUT2D eigenvalue weighted by atomic mass is 17.3. The van der Waals surface area contributed by atoms with E-state index in [0.29, 0.717) is 11.8 Å². The molecular formula is C19H24O4. The molecule has 4 fully saturated rings. The number of phenols is 1. The zero-order valence-corrected chi connectivity index (χ0v) is 13.5. The Morgan fingerprint density at radius 2 is 1.78 bits per heavy atom. The van der Waals surface area contributed by atoms with E-state index in [0.717, 1.165) is 17.4 Å². The molecule has 3 atom stereocenters. The van der Waals surface area contributed by atoms with Gasteiger partial charge >= 0.3 is 0 Å². The van der Waals surface area contributed by atoms with Crippen molar-refractivity contribution in [3.05, 3.63) is 29.8 Å². The second-order valence-electron chi connectivity index (χ2n) is 7.87. The van der Waals surface area contributed by atoms with Gasteiger partial charge in [-0.15, -0.1) is 0 Å². The maximum Gasteiger partial charge on any atom is 0.260 e. The van der Waals surface area contributed by atoms with Crippen molar-refractivity contribution in [2.75, 3.05) is 7.11 Å². The van der Waals surface area contributed by atoms with Crippen LogP contribution in [0, 0.1) is 23.7 Å². The summed E-state index contributed by atoms with van der Waals surface area (Å²) in [4.78, 5) is 11.7. The Balaban J connectivity index is 1.63. The first-order valence-corrected chi connectivity index (χ1v) is 8.91. The number of phenolic OH excluding ortho intramolecular Hbond substituents is 1. The minimum atomic E-state index is -0.879. The molecule has 1 aromatic carbocycles. The van der Waals surface area contributed by atoms with E-state index in [2.05, 4.69) is 0 Å². The van der Waals surface area contributed by atoms with Crippen LogP contribution in [0.25, 0.3) is 0 Å². The molecule has 1 saturated heterocycles. The summed E-state index contributed by atoms with van der Waals surface area (Å²) < 4.78 is 5.99.